The first kappa shape index (κ1) is 11.4. The van der Waals surface area contributed by atoms with Crippen LogP contribution in [0.3, 0.4) is 0 Å². The first-order valence-corrected chi connectivity index (χ1v) is 11.7. The lowest BCUT2D eigenvalue weighted by Gasteiger charge is -2.30. The summed E-state index contributed by atoms with van der Waals surface area (Å²) < 4.78 is 0. The molecule has 0 spiro atoms. The van der Waals surface area contributed by atoms with Gasteiger partial charge in [-0.05, 0) is 5.54 Å². The Labute approximate surface area is 74.4 Å². The standard InChI is InChI=1S/C9H23Si2/c1-9(11(5,6)7)8-10(2,3)4/h9H,1,8H2,2-7H3. The molecule has 0 amide bonds. The molecule has 0 aliphatic rings. The van der Waals surface area contributed by atoms with Gasteiger partial charge in [0.1, 0.15) is 0 Å². The van der Waals surface area contributed by atoms with E-state index in [1.165, 1.54) is 6.04 Å². The van der Waals surface area contributed by atoms with Gasteiger partial charge < -0.3 is 0 Å². The molecule has 0 aromatic carbocycles. The molecule has 1 radical (unpaired) electrons. The number of hydrogen-bond acceptors (Lipinski definition) is 0. The fourth-order valence-corrected chi connectivity index (χ4v) is 6.81. The third kappa shape index (κ3) is 5.68. The molecule has 0 aliphatic heterocycles. The smallest absolute Gasteiger partial charge is 0.0471 e. The highest BCUT2D eigenvalue weighted by atomic mass is 28.3. The Bertz CT molecular complexity index is 117. The maximum atomic E-state index is 4.29. The van der Waals surface area contributed by atoms with Gasteiger partial charge >= 0.3 is 0 Å². The molecule has 0 saturated carbocycles. The minimum absolute atomic E-state index is 0.758. The fraction of sp³-hybridized carbons (Fsp3) is 0.889. The third-order valence-electron chi connectivity index (χ3n) is 2.08. The van der Waals surface area contributed by atoms with E-state index in [9.17, 15) is 0 Å². The predicted octanol–water partition coefficient (Wildman–Crippen LogP) is 3.87. The normalized spacial score (nSPS) is 16.6. The second-order valence-corrected chi connectivity index (χ2v) is 16.9. The summed E-state index contributed by atoms with van der Waals surface area (Å²) in [6, 6.07) is 1.41. The Kier molecular flexibility index (Phi) is 3.57. The van der Waals surface area contributed by atoms with Gasteiger partial charge in [-0.25, -0.2) is 0 Å². The van der Waals surface area contributed by atoms with Crippen molar-refractivity contribution >= 4 is 16.1 Å². The fourth-order valence-electron chi connectivity index (χ4n) is 1.05. The Morgan fingerprint density at radius 2 is 1.36 bits per heavy atom. The highest BCUT2D eigenvalue weighted by Crippen LogP contribution is 2.29. The van der Waals surface area contributed by atoms with Crippen molar-refractivity contribution in [1.82, 2.24) is 0 Å². The minimum Gasteiger partial charge on any atom is -0.0695 e. The SMILES string of the molecule is [CH2]C(C[Si](C)(C)C)[Si](C)(C)C. The van der Waals surface area contributed by atoms with Gasteiger partial charge in [0.15, 0.2) is 0 Å². The predicted molar refractivity (Wildman–Crippen MR) is 60.6 cm³/mol. The molecule has 0 aromatic rings. The molecule has 0 N–H and O–H groups in total. The van der Waals surface area contributed by atoms with Crippen LogP contribution in [-0.4, -0.2) is 16.1 Å². The van der Waals surface area contributed by atoms with Gasteiger partial charge in [0.2, 0.25) is 0 Å². The molecule has 11 heavy (non-hydrogen) atoms. The van der Waals surface area contributed by atoms with Crippen molar-refractivity contribution in [3.05, 3.63) is 6.92 Å². The molecule has 0 aliphatic carbocycles. The van der Waals surface area contributed by atoms with E-state index in [1.807, 2.05) is 0 Å². The topological polar surface area (TPSA) is 0 Å². The van der Waals surface area contributed by atoms with Gasteiger partial charge in [0.25, 0.3) is 0 Å². The highest BCUT2D eigenvalue weighted by Gasteiger charge is 2.27. The van der Waals surface area contributed by atoms with Crippen molar-refractivity contribution in [1.29, 1.82) is 0 Å². The largest absolute Gasteiger partial charge is 0.0695 e. The monoisotopic (exact) mass is 187 g/mol. The van der Waals surface area contributed by atoms with Gasteiger partial charge in [-0.2, -0.15) is 0 Å². The molecular weight excluding hydrogens is 164 g/mol. The molecule has 0 nitrogen and oxygen atoms in total. The summed E-state index contributed by atoms with van der Waals surface area (Å²) in [7, 11) is -1.80. The Morgan fingerprint density at radius 1 is 1.00 bits per heavy atom. The second kappa shape index (κ2) is 3.44. The average molecular weight is 187 g/mol. The van der Waals surface area contributed by atoms with Crippen molar-refractivity contribution in [2.24, 2.45) is 0 Å². The lowest BCUT2D eigenvalue weighted by Crippen LogP contribution is -2.32. The van der Waals surface area contributed by atoms with E-state index in [2.05, 4.69) is 46.2 Å². The van der Waals surface area contributed by atoms with E-state index in [-0.39, 0.29) is 0 Å². The van der Waals surface area contributed by atoms with Crippen LogP contribution in [0.4, 0.5) is 0 Å². The zero-order chi connectivity index (χ0) is 9.28. The first-order chi connectivity index (χ1) is 4.63. The van der Waals surface area contributed by atoms with Crippen molar-refractivity contribution in [2.45, 2.75) is 50.9 Å². The van der Waals surface area contributed by atoms with Crippen LogP contribution in [0.25, 0.3) is 0 Å². The Morgan fingerprint density at radius 3 is 1.45 bits per heavy atom. The van der Waals surface area contributed by atoms with Gasteiger partial charge in [0.05, 0.1) is 0 Å². The summed E-state index contributed by atoms with van der Waals surface area (Å²) in [4.78, 5) is 0. The van der Waals surface area contributed by atoms with Crippen LogP contribution < -0.4 is 0 Å². The van der Waals surface area contributed by atoms with Crippen LogP contribution in [-0.2, 0) is 0 Å². The molecule has 0 saturated heterocycles. The number of hydrogen-bond donors (Lipinski definition) is 0. The van der Waals surface area contributed by atoms with Crippen LogP contribution in [0.2, 0.25) is 50.9 Å². The number of rotatable bonds is 3. The van der Waals surface area contributed by atoms with Gasteiger partial charge in [-0.15, -0.1) is 0 Å². The quantitative estimate of drug-likeness (QED) is 0.589. The van der Waals surface area contributed by atoms with Crippen molar-refractivity contribution in [2.75, 3.05) is 0 Å². The average Bonchev–Trinajstić information content (AvgIpc) is 1.56. The molecule has 1 unspecified atom stereocenters. The molecule has 0 bridgehead atoms. The van der Waals surface area contributed by atoms with Crippen LogP contribution in [0.1, 0.15) is 0 Å². The molecule has 67 valence electrons. The lowest BCUT2D eigenvalue weighted by molar-refractivity contribution is 1.08. The molecule has 0 fully saturated rings. The van der Waals surface area contributed by atoms with Crippen LogP contribution in [0, 0.1) is 6.92 Å². The lowest BCUT2D eigenvalue weighted by atomic mass is 10.5. The minimum atomic E-state index is -0.947. The van der Waals surface area contributed by atoms with E-state index in [4.69, 9.17) is 0 Å². The van der Waals surface area contributed by atoms with Gasteiger partial charge in [0, 0.05) is 16.1 Å². The summed E-state index contributed by atoms with van der Waals surface area (Å²) in [5.41, 5.74) is 0.758. The molecule has 0 rings (SSSR count). The Balaban J connectivity index is 3.99. The molecular formula is C9H23Si2. The molecule has 0 aromatic heterocycles. The summed E-state index contributed by atoms with van der Waals surface area (Å²) in [5, 5.41) is 0. The van der Waals surface area contributed by atoms with E-state index >= 15 is 0 Å². The van der Waals surface area contributed by atoms with Crippen molar-refractivity contribution in [3.63, 3.8) is 0 Å². The maximum Gasteiger partial charge on any atom is 0.0471 e. The summed E-state index contributed by atoms with van der Waals surface area (Å²) in [6.07, 6.45) is 0. The van der Waals surface area contributed by atoms with Crippen LogP contribution >= 0.6 is 0 Å². The molecule has 1 atom stereocenters. The molecule has 2 heteroatoms. The van der Waals surface area contributed by atoms with Crippen molar-refractivity contribution in [3.8, 4) is 0 Å². The van der Waals surface area contributed by atoms with E-state index in [0.717, 1.165) is 5.54 Å². The van der Waals surface area contributed by atoms with E-state index in [0.29, 0.717) is 0 Å². The van der Waals surface area contributed by atoms with Gasteiger partial charge in [-0.3, -0.25) is 0 Å². The highest BCUT2D eigenvalue weighted by molar-refractivity contribution is 6.82. The maximum absolute atomic E-state index is 4.29. The van der Waals surface area contributed by atoms with Crippen molar-refractivity contribution < 1.29 is 0 Å². The van der Waals surface area contributed by atoms with Crippen LogP contribution in [0.5, 0.6) is 0 Å². The third-order valence-corrected chi connectivity index (χ3v) is 6.86. The van der Waals surface area contributed by atoms with E-state index in [1.54, 1.807) is 0 Å². The first-order valence-electron chi connectivity index (χ1n) is 4.46. The summed E-state index contributed by atoms with van der Waals surface area (Å²) in [5.74, 6) is 0. The Hall–Kier alpha value is 0.434. The summed E-state index contributed by atoms with van der Waals surface area (Å²) in [6.45, 7) is 18.9. The second-order valence-electron chi connectivity index (χ2n) is 5.83. The molecule has 0 heterocycles. The summed E-state index contributed by atoms with van der Waals surface area (Å²) >= 11 is 0. The zero-order valence-electron chi connectivity index (χ0n) is 8.99. The van der Waals surface area contributed by atoms with E-state index < -0.39 is 16.1 Å². The van der Waals surface area contributed by atoms with Gasteiger partial charge in [-0.1, -0.05) is 52.2 Å². The van der Waals surface area contributed by atoms with Crippen LogP contribution in [0.15, 0.2) is 0 Å². The zero-order valence-corrected chi connectivity index (χ0v) is 11.0.